The molecule has 1 rings (SSSR count). The van der Waals surface area contributed by atoms with Crippen molar-refractivity contribution in [2.75, 3.05) is 11.5 Å². The van der Waals surface area contributed by atoms with Crippen LogP contribution in [0, 0.1) is 0 Å². The Labute approximate surface area is 72.5 Å². The molecule has 1 aliphatic heterocycles. The first-order chi connectivity index (χ1) is 4.93. The van der Waals surface area contributed by atoms with Crippen LogP contribution in [0.4, 0.5) is 0 Å². The van der Waals surface area contributed by atoms with Gasteiger partial charge in [0.15, 0.2) is 0 Å². The van der Waals surface area contributed by atoms with Gasteiger partial charge in [0.05, 0.1) is 4.58 Å². The smallest absolute Gasteiger partial charge is 0.0502 e. The van der Waals surface area contributed by atoms with Gasteiger partial charge in [-0.05, 0) is 24.3 Å². The highest BCUT2D eigenvalue weighted by molar-refractivity contribution is 8.17. The second kappa shape index (κ2) is 5.36. The zero-order valence-electron chi connectivity index (χ0n) is 6.64. The molecule has 1 heterocycles. The molecule has 0 radical (unpaired) electrons. The van der Waals surface area contributed by atoms with E-state index >= 15 is 0 Å². The van der Waals surface area contributed by atoms with Crippen LogP contribution in [0.3, 0.4) is 0 Å². The quantitative estimate of drug-likeness (QED) is 0.646. The number of unbranched alkanes of at least 4 members (excludes halogenated alkanes) is 1. The summed E-state index contributed by atoms with van der Waals surface area (Å²) in [6.45, 7) is 2.28. The zero-order valence-corrected chi connectivity index (χ0v) is 8.27. The van der Waals surface area contributed by atoms with Gasteiger partial charge in [-0.1, -0.05) is 19.8 Å². The van der Waals surface area contributed by atoms with E-state index in [9.17, 15) is 0 Å². The standard InChI is InChI=1S/C8H16S2/c1-2-3-5-8-9-6-4-7-10-8/h8H,2-7H2,1H3. The van der Waals surface area contributed by atoms with Gasteiger partial charge in [-0.2, -0.15) is 0 Å². The van der Waals surface area contributed by atoms with Crippen molar-refractivity contribution >= 4 is 23.5 Å². The van der Waals surface area contributed by atoms with Gasteiger partial charge in [0, 0.05) is 0 Å². The maximum atomic E-state index is 2.28. The van der Waals surface area contributed by atoms with Gasteiger partial charge >= 0.3 is 0 Å². The number of hydrogen-bond donors (Lipinski definition) is 0. The number of rotatable bonds is 3. The molecule has 0 aromatic heterocycles. The Kier molecular flexibility index (Phi) is 4.72. The van der Waals surface area contributed by atoms with Gasteiger partial charge in [-0.3, -0.25) is 0 Å². The summed E-state index contributed by atoms with van der Waals surface area (Å²) in [5.74, 6) is 2.81. The lowest BCUT2D eigenvalue weighted by atomic mass is 10.3. The molecule has 1 aliphatic rings. The molecule has 0 aliphatic carbocycles. The molecule has 2 heteroatoms. The van der Waals surface area contributed by atoms with Crippen molar-refractivity contribution in [1.82, 2.24) is 0 Å². The van der Waals surface area contributed by atoms with Gasteiger partial charge in [0.25, 0.3) is 0 Å². The minimum atomic E-state index is 0.939. The van der Waals surface area contributed by atoms with Crippen LogP contribution >= 0.6 is 23.5 Å². The van der Waals surface area contributed by atoms with Crippen molar-refractivity contribution in [2.45, 2.75) is 37.2 Å². The highest BCUT2D eigenvalue weighted by atomic mass is 32.2. The molecule has 60 valence electrons. The van der Waals surface area contributed by atoms with Crippen molar-refractivity contribution in [1.29, 1.82) is 0 Å². The minimum Gasteiger partial charge on any atom is -0.148 e. The molecule has 1 saturated heterocycles. The number of thioether (sulfide) groups is 2. The zero-order chi connectivity index (χ0) is 7.23. The van der Waals surface area contributed by atoms with Crippen LogP contribution in [-0.4, -0.2) is 16.1 Å². The molecular weight excluding hydrogens is 160 g/mol. The summed E-state index contributed by atoms with van der Waals surface area (Å²) in [6.07, 6.45) is 5.64. The molecule has 10 heavy (non-hydrogen) atoms. The topological polar surface area (TPSA) is 0 Å². The molecule has 0 saturated carbocycles. The molecule has 1 fully saturated rings. The predicted molar refractivity (Wildman–Crippen MR) is 52.8 cm³/mol. The molecule has 0 aromatic carbocycles. The molecule has 0 atom stereocenters. The van der Waals surface area contributed by atoms with E-state index in [-0.39, 0.29) is 0 Å². The summed E-state index contributed by atoms with van der Waals surface area (Å²) in [4.78, 5) is 0. The fraction of sp³-hybridized carbons (Fsp3) is 1.00. The van der Waals surface area contributed by atoms with Gasteiger partial charge in [0.2, 0.25) is 0 Å². The summed E-state index contributed by atoms with van der Waals surface area (Å²) in [5.41, 5.74) is 0. The Morgan fingerprint density at radius 2 is 2.00 bits per heavy atom. The van der Waals surface area contributed by atoms with Crippen LogP contribution in [0.25, 0.3) is 0 Å². The van der Waals surface area contributed by atoms with E-state index in [1.165, 1.54) is 37.2 Å². The van der Waals surface area contributed by atoms with Crippen molar-refractivity contribution in [2.24, 2.45) is 0 Å². The average molecular weight is 176 g/mol. The second-order valence-corrected chi connectivity index (χ2v) is 5.59. The Morgan fingerprint density at radius 1 is 1.30 bits per heavy atom. The van der Waals surface area contributed by atoms with E-state index < -0.39 is 0 Å². The monoisotopic (exact) mass is 176 g/mol. The van der Waals surface area contributed by atoms with Crippen molar-refractivity contribution in [3.63, 3.8) is 0 Å². The van der Waals surface area contributed by atoms with Gasteiger partial charge in [0.1, 0.15) is 0 Å². The lowest BCUT2D eigenvalue weighted by Crippen LogP contribution is -2.05. The third kappa shape index (κ3) is 3.20. The summed E-state index contributed by atoms with van der Waals surface area (Å²) < 4.78 is 0.939. The van der Waals surface area contributed by atoms with Crippen molar-refractivity contribution in [3.8, 4) is 0 Å². The Bertz CT molecular complexity index is 77.3. The van der Waals surface area contributed by atoms with Crippen LogP contribution in [0.2, 0.25) is 0 Å². The first-order valence-electron chi connectivity index (χ1n) is 4.16. The molecular formula is C8H16S2. The first kappa shape index (κ1) is 8.79. The minimum absolute atomic E-state index is 0.939. The maximum absolute atomic E-state index is 2.28. The van der Waals surface area contributed by atoms with E-state index in [4.69, 9.17) is 0 Å². The summed E-state index contributed by atoms with van der Waals surface area (Å²) in [5, 5.41) is 0. The van der Waals surface area contributed by atoms with Gasteiger partial charge in [-0.25, -0.2) is 0 Å². The lowest BCUT2D eigenvalue weighted by Gasteiger charge is -2.20. The fourth-order valence-electron chi connectivity index (χ4n) is 1.07. The summed E-state index contributed by atoms with van der Waals surface area (Å²) in [7, 11) is 0. The molecule has 0 unspecified atom stereocenters. The van der Waals surface area contributed by atoms with Crippen LogP contribution in [0.5, 0.6) is 0 Å². The highest BCUT2D eigenvalue weighted by Gasteiger charge is 2.12. The van der Waals surface area contributed by atoms with E-state index in [1.54, 1.807) is 0 Å². The normalized spacial score (nSPS) is 21.3. The van der Waals surface area contributed by atoms with Crippen LogP contribution in [0.15, 0.2) is 0 Å². The van der Waals surface area contributed by atoms with Crippen molar-refractivity contribution in [3.05, 3.63) is 0 Å². The van der Waals surface area contributed by atoms with Crippen LogP contribution in [-0.2, 0) is 0 Å². The largest absolute Gasteiger partial charge is 0.148 e. The highest BCUT2D eigenvalue weighted by Crippen LogP contribution is 2.33. The maximum Gasteiger partial charge on any atom is 0.0502 e. The van der Waals surface area contributed by atoms with Crippen LogP contribution in [0.1, 0.15) is 32.6 Å². The third-order valence-corrected chi connectivity index (χ3v) is 4.77. The lowest BCUT2D eigenvalue weighted by molar-refractivity contribution is 0.760. The van der Waals surface area contributed by atoms with E-state index in [0.29, 0.717) is 0 Å². The molecule has 0 aromatic rings. The molecule has 0 spiro atoms. The predicted octanol–water partition coefficient (Wildman–Crippen LogP) is 3.37. The summed E-state index contributed by atoms with van der Waals surface area (Å²) >= 11 is 4.33. The van der Waals surface area contributed by atoms with Crippen LogP contribution < -0.4 is 0 Å². The molecule has 0 amide bonds. The number of hydrogen-bond acceptors (Lipinski definition) is 2. The summed E-state index contributed by atoms with van der Waals surface area (Å²) in [6, 6.07) is 0. The Balaban J connectivity index is 2.02. The SMILES string of the molecule is CCCCC1SCCCS1. The van der Waals surface area contributed by atoms with E-state index in [1.807, 2.05) is 0 Å². The molecule has 0 nitrogen and oxygen atoms in total. The van der Waals surface area contributed by atoms with Gasteiger partial charge in [-0.15, -0.1) is 23.5 Å². The fourth-order valence-corrected chi connectivity index (χ4v) is 4.03. The Hall–Kier alpha value is 0.700. The average Bonchev–Trinajstić information content (AvgIpc) is 2.03. The molecule has 0 N–H and O–H groups in total. The van der Waals surface area contributed by atoms with E-state index in [2.05, 4.69) is 30.4 Å². The Morgan fingerprint density at radius 3 is 2.60 bits per heavy atom. The van der Waals surface area contributed by atoms with Crippen molar-refractivity contribution < 1.29 is 0 Å². The molecule has 0 bridgehead atoms. The second-order valence-electron chi connectivity index (χ2n) is 2.67. The van der Waals surface area contributed by atoms with Gasteiger partial charge < -0.3 is 0 Å². The third-order valence-electron chi connectivity index (χ3n) is 1.69. The first-order valence-corrected chi connectivity index (χ1v) is 6.26. The van der Waals surface area contributed by atoms with E-state index in [0.717, 1.165) is 4.58 Å².